The fraction of sp³-hybridized carbons (Fsp3) is 0.400. The number of ketones is 1. The average molecular weight is 348 g/mol. The van der Waals surface area contributed by atoms with E-state index < -0.39 is 16.8 Å². The quantitative estimate of drug-likeness (QED) is 0.832. The zero-order chi connectivity index (χ0) is 17.4. The maximum Gasteiger partial charge on any atom is 0.246 e. The van der Waals surface area contributed by atoms with Gasteiger partial charge in [-0.25, -0.2) is 9.97 Å². The third-order valence-electron chi connectivity index (χ3n) is 3.00. The van der Waals surface area contributed by atoms with Crippen molar-refractivity contribution in [3.63, 3.8) is 0 Å². The van der Waals surface area contributed by atoms with Crippen molar-refractivity contribution in [3.8, 4) is 6.07 Å². The lowest BCUT2D eigenvalue weighted by atomic mass is 9.97. The van der Waals surface area contributed by atoms with Crippen LogP contribution in [0.15, 0.2) is 6.20 Å². The van der Waals surface area contributed by atoms with Gasteiger partial charge in [0.2, 0.25) is 12.1 Å². The molecule has 8 heteroatoms. The number of hydrogen-bond acceptors (Lipinski definition) is 8. The van der Waals surface area contributed by atoms with Crippen molar-refractivity contribution in [3.05, 3.63) is 31.7 Å². The SMILES string of the molecule is CC(C)(O)c1ncc(C(=O)c2nc(C(C)(C)C#N)sc2[C]=O)s1. The standard InChI is InChI=1S/C15H14N3O3S2/c1-14(2,7-16)12-18-10(9(6-19)23-12)11(20)8-5-17-13(22-8)15(3,4)21/h5,21H,1-4H3. The normalized spacial score (nSPS) is 12.0. The molecule has 0 saturated carbocycles. The summed E-state index contributed by atoms with van der Waals surface area (Å²) in [5.74, 6) is -0.465. The average Bonchev–Trinajstić information content (AvgIpc) is 3.13. The number of nitriles is 1. The van der Waals surface area contributed by atoms with Crippen LogP contribution in [-0.4, -0.2) is 27.1 Å². The van der Waals surface area contributed by atoms with Gasteiger partial charge in [0, 0.05) is 6.20 Å². The predicted molar refractivity (Wildman–Crippen MR) is 86.3 cm³/mol. The Labute approximate surface area is 141 Å². The first-order chi connectivity index (χ1) is 10.6. The highest BCUT2D eigenvalue weighted by Crippen LogP contribution is 2.31. The first kappa shape index (κ1) is 17.4. The van der Waals surface area contributed by atoms with Crippen LogP contribution in [0.4, 0.5) is 0 Å². The number of aliphatic hydroxyl groups is 1. The Bertz CT molecular complexity index is 807. The molecule has 0 spiro atoms. The molecule has 0 aliphatic carbocycles. The lowest BCUT2D eigenvalue weighted by Gasteiger charge is -2.12. The van der Waals surface area contributed by atoms with Gasteiger partial charge in [-0.3, -0.25) is 9.59 Å². The minimum atomic E-state index is -1.15. The van der Waals surface area contributed by atoms with E-state index in [0.717, 1.165) is 22.7 Å². The summed E-state index contributed by atoms with van der Waals surface area (Å²) in [6.07, 6.45) is 3.06. The second-order valence-electron chi connectivity index (χ2n) is 5.95. The molecule has 0 unspecified atom stereocenters. The highest BCUT2D eigenvalue weighted by atomic mass is 32.1. The zero-order valence-corrected chi connectivity index (χ0v) is 14.6. The Morgan fingerprint density at radius 2 is 1.91 bits per heavy atom. The molecule has 1 radical (unpaired) electrons. The molecule has 0 saturated heterocycles. The van der Waals surface area contributed by atoms with Crippen LogP contribution >= 0.6 is 22.7 Å². The molecule has 0 bridgehead atoms. The number of aromatic nitrogens is 2. The number of nitrogens with zero attached hydrogens (tertiary/aromatic N) is 3. The van der Waals surface area contributed by atoms with Crippen LogP contribution in [-0.2, 0) is 15.8 Å². The van der Waals surface area contributed by atoms with Gasteiger partial charge in [-0.2, -0.15) is 5.26 Å². The minimum absolute atomic E-state index is 0.0331. The molecule has 0 aliphatic heterocycles. The Balaban J connectivity index is 2.46. The Morgan fingerprint density at radius 1 is 1.26 bits per heavy atom. The Kier molecular flexibility index (Phi) is 4.48. The number of rotatable bonds is 5. The predicted octanol–water partition coefficient (Wildman–Crippen LogP) is 2.32. The molecule has 0 amide bonds. The van der Waals surface area contributed by atoms with Gasteiger partial charge in [-0.15, -0.1) is 22.7 Å². The summed E-state index contributed by atoms with van der Waals surface area (Å²) >= 11 is 2.03. The van der Waals surface area contributed by atoms with Gasteiger partial charge in [0.25, 0.3) is 0 Å². The zero-order valence-electron chi connectivity index (χ0n) is 13.0. The Hall–Kier alpha value is -1.95. The summed E-state index contributed by atoms with van der Waals surface area (Å²) in [6.45, 7) is 6.46. The first-order valence-corrected chi connectivity index (χ1v) is 8.27. The van der Waals surface area contributed by atoms with E-state index >= 15 is 0 Å². The molecule has 0 aromatic carbocycles. The molecule has 0 aliphatic rings. The van der Waals surface area contributed by atoms with Crippen molar-refractivity contribution in [1.82, 2.24) is 9.97 Å². The van der Waals surface area contributed by atoms with Crippen LogP contribution in [0, 0.1) is 11.3 Å². The second-order valence-corrected chi connectivity index (χ2v) is 7.98. The summed E-state index contributed by atoms with van der Waals surface area (Å²) in [5.41, 5.74) is -2.09. The topological polar surface area (TPSA) is 104 Å². The van der Waals surface area contributed by atoms with E-state index in [9.17, 15) is 14.7 Å². The smallest absolute Gasteiger partial charge is 0.246 e. The van der Waals surface area contributed by atoms with Gasteiger partial charge >= 0.3 is 0 Å². The van der Waals surface area contributed by atoms with Gasteiger partial charge in [-0.1, -0.05) is 0 Å². The molecule has 2 aromatic heterocycles. The van der Waals surface area contributed by atoms with Crippen molar-refractivity contribution in [2.24, 2.45) is 0 Å². The first-order valence-electron chi connectivity index (χ1n) is 6.64. The number of carbonyl (C=O) groups is 1. The molecule has 0 fully saturated rings. The van der Waals surface area contributed by atoms with Gasteiger partial charge in [0.05, 0.1) is 10.9 Å². The summed E-state index contributed by atoms with van der Waals surface area (Å²) in [6, 6.07) is 2.09. The van der Waals surface area contributed by atoms with Gasteiger partial charge in [-0.05, 0) is 27.7 Å². The van der Waals surface area contributed by atoms with Crippen molar-refractivity contribution in [2.45, 2.75) is 38.7 Å². The van der Waals surface area contributed by atoms with Crippen LogP contribution in [0.1, 0.15) is 58.0 Å². The molecular formula is C15H14N3O3S2. The van der Waals surface area contributed by atoms with E-state index in [1.807, 2.05) is 0 Å². The van der Waals surface area contributed by atoms with Crippen LogP contribution in [0.5, 0.6) is 0 Å². The van der Waals surface area contributed by atoms with E-state index in [4.69, 9.17) is 5.26 Å². The van der Waals surface area contributed by atoms with E-state index in [2.05, 4.69) is 16.0 Å². The van der Waals surface area contributed by atoms with Crippen molar-refractivity contribution >= 4 is 34.7 Å². The molecule has 0 atom stereocenters. The monoisotopic (exact) mass is 348 g/mol. The van der Waals surface area contributed by atoms with E-state index in [1.165, 1.54) is 6.20 Å². The molecule has 1 N–H and O–H groups in total. The van der Waals surface area contributed by atoms with Gasteiger partial charge < -0.3 is 5.11 Å². The van der Waals surface area contributed by atoms with Crippen LogP contribution in [0.3, 0.4) is 0 Å². The third kappa shape index (κ3) is 3.37. The highest BCUT2D eigenvalue weighted by Gasteiger charge is 2.30. The maximum absolute atomic E-state index is 12.6. The summed E-state index contributed by atoms with van der Waals surface area (Å²) < 4.78 is 0. The lowest BCUT2D eigenvalue weighted by molar-refractivity contribution is 0.0783. The Morgan fingerprint density at radius 3 is 2.39 bits per heavy atom. The lowest BCUT2D eigenvalue weighted by Crippen LogP contribution is -2.14. The van der Waals surface area contributed by atoms with Crippen molar-refractivity contribution in [2.75, 3.05) is 0 Å². The van der Waals surface area contributed by atoms with Crippen LogP contribution < -0.4 is 0 Å². The van der Waals surface area contributed by atoms with Gasteiger partial charge in [0.15, 0.2) is 0 Å². The third-order valence-corrected chi connectivity index (χ3v) is 5.59. The molecule has 2 heterocycles. The van der Waals surface area contributed by atoms with Crippen LogP contribution in [0.2, 0.25) is 0 Å². The number of thiazole rings is 2. The van der Waals surface area contributed by atoms with E-state index in [0.29, 0.717) is 10.0 Å². The summed E-state index contributed by atoms with van der Waals surface area (Å²) in [5, 5.41) is 19.9. The molecule has 119 valence electrons. The van der Waals surface area contributed by atoms with E-state index in [-0.39, 0.29) is 15.4 Å². The van der Waals surface area contributed by atoms with Crippen LogP contribution in [0.25, 0.3) is 0 Å². The fourth-order valence-corrected chi connectivity index (χ4v) is 3.40. The van der Waals surface area contributed by atoms with Gasteiger partial charge in [0.1, 0.15) is 31.6 Å². The molecular weight excluding hydrogens is 334 g/mol. The van der Waals surface area contributed by atoms with Crippen molar-refractivity contribution < 1.29 is 14.7 Å². The maximum atomic E-state index is 12.6. The summed E-state index contributed by atoms with van der Waals surface area (Å²) in [7, 11) is 0. The summed E-state index contributed by atoms with van der Waals surface area (Å²) in [4.78, 5) is 32.2. The molecule has 2 aromatic rings. The second kappa shape index (κ2) is 5.92. The van der Waals surface area contributed by atoms with E-state index in [1.54, 1.807) is 34.0 Å². The highest BCUT2D eigenvalue weighted by molar-refractivity contribution is 7.15. The molecule has 6 nitrogen and oxygen atoms in total. The molecule has 23 heavy (non-hydrogen) atoms. The minimum Gasteiger partial charge on any atom is -0.383 e. The largest absolute Gasteiger partial charge is 0.383 e. The number of carbonyl (C=O) groups excluding carboxylic acids is 2. The van der Waals surface area contributed by atoms with Crippen molar-refractivity contribution in [1.29, 1.82) is 5.26 Å². The number of hydrogen-bond donors (Lipinski definition) is 1. The fourth-order valence-electron chi connectivity index (χ4n) is 1.64. The molecule has 2 rings (SSSR count).